The number of nitrogens with one attached hydrogen (secondary N) is 1. The molecular weight excluding hydrogens is 412 g/mol. The van der Waals surface area contributed by atoms with Crippen LogP contribution in [0.5, 0.6) is 5.88 Å². The van der Waals surface area contributed by atoms with E-state index in [2.05, 4.69) is 62.6 Å². The monoisotopic (exact) mass is 444 g/mol. The van der Waals surface area contributed by atoms with Gasteiger partial charge in [0, 0.05) is 49.7 Å². The summed E-state index contributed by atoms with van der Waals surface area (Å²) in [7, 11) is 0. The lowest BCUT2D eigenvalue weighted by Crippen LogP contribution is -2.46. The van der Waals surface area contributed by atoms with E-state index in [0.717, 1.165) is 57.5 Å². The minimum absolute atomic E-state index is 0.0325. The van der Waals surface area contributed by atoms with Crippen molar-refractivity contribution in [2.75, 3.05) is 49.5 Å². The van der Waals surface area contributed by atoms with Gasteiger partial charge in [-0.05, 0) is 55.3 Å². The number of carbonyl (C=O) groups excluding carboxylic acids is 1. The van der Waals surface area contributed by atoms with Crippen LogP contribution in [0.1, 0.15) is 31.2 Å². The predicted octanol–water partition coefficient (Wildman–Crippen LogP) is 4.49. The molecule has 1 N–H and O–H groups in total. The van der Waals surface area contributed by atoms with E-state index in [9.17, 15) is 4.79 Å². The Kier molecular flexibility index (Phi) is 6.72. The first-order valence-corrected chi connectivity index (χ1v) is 12.1. The summed E-state index contributed by atoms with van der Waals surface area (Å²) in [5.74, 6) is 1.29. The standard InChI is InChI=1S/C27H32N4O2/c32-25-13-11-22-12-14-26(29-27(22)28-25)33-20-5-1-4-15-30-16-18-31(19-17-30)24-10-6-8-21-7-2-3-9-23(21)24/h2-3,6-10,12,14H,1,4-5,11,13,15-20H2,(H,28,29,32). The van der Waals surface area contributed by atoms with E-state index in [4.69, 9.17) is 4.74 Å². The molecule has 6 nitrogen and oxygen atoms in total. The lowest BCUT2D eigenvalue weighted by Gasteiger charge is -2.36. The number of hydrogen-bond donors (Lipinski definition) is 1. The van der Waals surface area contributed by atoms with Crippen molar-refractivity contribution in [2.45, 2.75) is 32.1 Å². The van der Waals surface area contributed by atoms with Crippen molar-refractivity contribution >= 4 is 28.2 Å². The molecular formula is C27H32N4O2. The van der Waals surface area contributed by atoms with Gasteiger partial charge >= 0.3 is 0 Å². The number of fused-ring (bicyclic) bond motifs is 2. The van der Waals surface area contributed by atoms with Crippen LogP contribution in [0.15, 0.2) is 54.6 Å². The molecule has 3 heterocycles. The van der Waals surface area contributed by atoms with Gasteiger partial charge in [0.05, 0.1) is 6.61 Å². The third-order valence-electron chi connectivity index (χ3n) is 6.68. The number of nitrogens with zero attached hydrogens (tertiary/aromatic N) is 3. The first-order chi connectivity index (χ1) is 16.3. The summed E-state index contributed by atoms with van der Waals surface area (Å²) in [4.78, 5) is 21.1. The Morgan fingerprint density at radius 3 is 2.64 bits per heavy atom. The zero-order valence-electron chi connectivity index (χ0n) is 19.1. The Labute approximate surface area is 195 Å². The molecule has 1 amide bonds. The number of piperazine rings is 1. The Morgan fingerprint density at radius 2 is 1.73 bits per heavy atom. The van der Waals surface area contributed by atoms with E-state index in [1.54, 1.807) is 0 Å². The Balaban J connectivity index is 1.01. The fourth-order valence-electron chi connectivity index (χ4n) is 4.79. The second kappa shape index (κ2) is 10.2. The fraction of sp³-hybridized carbons (Fsp3) is 0.407. The first-order valence-electron chi connectivity index (χ1n) is 12.1. The quantitative estimate of drug-likeness (QED) is 0.519. The number of benzene rings is 2. The molecule has 1 saturated heterocycles. The van der Waals surface area contributed by atoms with Crippen LogP contribution in [0.25, 0.3) is 10.8 Å². The average molecular weight is 445 g/mol. The first kappa shape index (κ1) is 21.7. The third kappa shape index (κ3) is 5.28. The highest BCUT2D eigenvalue weighted by molar-refractivity contribution is 5.94. The van der Waals surface area contributed by atoms with Crippen molar-refractivity contribution in [3.8, 4) is 5.88 Å². The SMILES string of the molecule is O=C1CCc2ccc(OCCCCCN3CCN(c4cccc5ccccc45)CC3)nc2N1. The second-order valence-corrected chi connectivity index (χ2v) is 8.94. The number of carbonyl (C=O) groups is 1. The van der Waals surface area contributed by atoms with E-state index in [1.807, 2.05) is 12.1 Å². The predicted molar refractivity (Wildman–Crippen MR) is 133 cm³/mol. The molecule has 0 atom stereocenters. The average Bonchev–Trinajstić information content (AvgIpc) is 2.86. The molecule has 33 heavy (non-hydrogen) atoms. The number of amides is 1. The topological polar surface area (TPSA) is 57.7 Å². The van der Waals surface area contributed by atoms with Crippen LogP contribution in [-0.2, 0) is 11.2 Å². The number of unbranched alkanes of at least 4 members (excludes halogenated alkanes) is 2. The van der Waals surface area contributed by atoms with E-state index in [-0.39, 0.29) is 5.91 Å². The largest absolute Gasteiger partial charge is 0.478 e. The summed E-state index contributed by atoms with van der Waals surface area (Å²) in [5.41, 5.74) is 2.45. The summed E-state index contributed by atoms with van der Waals surface area (Å²) in [5, 5.41) is 5.50. The molecule has 172 valence electrons. The van der Waals surface area contributed by atoms with Crippen LogP contribution >= 0.6 is 0 Å². The Morgan fingerprint density at radius 1 is 0.879 bits per heavy atom. The van der Waals surface area contributed by atoms with Gasteiger partial charge in [-0.3, -0.25) is 9.69 Å². The molecule has 2 aliphatic rings. The highest BCUT2D eigenvalue weighted by atomic mass is 16.5. The second-order valence-electron chi connectivity index (χ2n) is 8.94. The van der Waals surface area contributed by atoms with Crippen molar-refractivity contribution in [1.82, 2.24) is 9.88 Å². The van der Waals surface area contributed by atoms with Gasteiger partial charge < -0.3 is 15.0 Å². The van der Waals surface area contributed by atoms with Crippen molar-refractivity contribution in [1.29, 1.82) is 0 Å². The van der Waals surface area contributed by atoms with Gasteiger partial charge in [0.1, 0.15) is 5.82 Å². The van der Waals surface area contributed by atoms with Gasteiger partial charge in [-0.2, -0.15) is 4.98 Å². The minimum atomic E-state index is 0.0325. The number of aromatic nitrogens is 1. The van der Waals surface area contributed by atoms with Crippen LogP contribution in [0.4, 0.5) is 11.5 Å². The number of pyridine rings is 1. The molecule has 0 saturated carbocycles. The zero-order valence-corrected chi connectivity index (χ0v) is 19.1. The van der Waals surface area contributed by atoms with E-state index >= 15 is 0 Å². The zero-order chi connectivity index (χ0) is 22.5. The fourth-order valence-corrected chi connectivity index (χ4v) is 4.79. The Hall–Kier alpha value is -3.12. The van der Waals surface area contributed by atoms with Gasteiger partial charge in [0.15, 0.2) is 0 Å². The van der Waals surface area contributed by atoms with Crippen molar-refractivity contribution in [3.05, 3.63) is 60.2 Å². The van der Waals surface area contributed by atoms with E-state index in [0.29, 0.717) is 24.7 Å². The third-order valence-corrected chi connectivity index (χ3v) is 6.68. The van der Waals surface area contributed by atoms with Crippen molar-refractivity contribution in [2.24, 2.45) is 0 Å². The highest BCUT2D eigenvalue weighted by Gasteiger charge is 2.18. The molecule has 5 rings (SSSR count). The summed E-state index contributed by atoms with van der Waals surface area (Å²) in [6, 6.07) is 19.2. The molecule has 0 spiro atoms. The van der Waals surface area contributed by atoms with Gasteiger partial charge in [-0.1, -0.05) is 36.4 Å². The maximum absolute atomic E-state index is 11.5. The number of rotatable bonds is 8. The number of aryl methyl sites for hydroxylation is 1. The van der Waals surface area contributed by atoms with Crippen LogP contribution in [0, 0.1) is 0 Å². The van der Waals surface area contributed by atoms with Crippen LogP contribution in [0.2, 0.25) is 0 Å². The molecule has 1 aromatic heterocycles. The Bertz CT molecular complexity index is 1100. The summed E-state index contributed by atoms with van der Waals surface area (Å²) < 4.78 is 5.81. The summed E-state index contributed by atoms with van der Waals surface area (Å²) >= 11 is 0. The van der Waals surface area contributed by atoms with Crippen LogP contribution in [-0.4, -0.2) is 55.1 Å². The van der Waals surface area contributed by atoms with Gasteiger partial charge in [-0.15, -0.1) is 0 Å². The molecule has 0 aliphatic carbocycles. The van der Waals surface area contributed by atoms with Crippen LogP contribution < -0.4 is 15.0 Å². The normalized spacial score (nSPS) is 16.5. The van der Waals surface area contributed by atoms with Crippen molar-refractivity contribution < 1.29 is 9.53 Å². The van der Waals surface area contributed by atoms with Crippen LogP contribution in [0.3, 0.4) is 0 Å². The lowest BCUT2D eigenvalue weighted by molar-refractivity contribution is -0.116. The highest BCUT2D eigenvalue weighted by Crippen LogP contribution is 2.27. The molecule has 1 fully saturated rings. The van der Waals surface area contributed by atoms with Gasteiger partial charge in [0.25, 0.3) is 0 Å². The van der Waals surface area contributed by atoms with Gasteiger partial charge in [-0.25, -0.2) is 0 Å². The molecule has 0 radical (unpaired) electrons. The molecule has 3 aromatic rings. The maximum atomic E-state index is 11.5. The number of ether oxygens (including phenoxy) is 1. The summed E-state index contributed by atoms with van der Waals surface area (Å²) in [6.07, 6.45) is 4.63. The number of anilines is 2. The smallest absolute Gasteiger partial charge is 0.225 e. The maximum Gasteiger partial charge on any atom is 0.225 e. The summed E-state index contributed by atoms with van der Waals surface area (Å²) in [6.45, 7) is 6.20. The number of hydrogen-bond acceptors (Lipinski definition) is 5. The van der Waals surface area contributed by atoms with E-state index in [1.165, 1.54) is 22.9 Å². The molecule has 2 aromatic carbocycles. The lowest BCUT2D eigenvalue weighted by atomic mass is 10.1. The molecule has 2 aliphatic heterocycles. The van der Waals surface area contributed by atoms with Gasteiger partial charge in [0.2, 0.25) is 11.8 Å². The molecule has 0 bridgehead atoms. The molecule has 0 unspecified atom stereocenters. The van der Waals surface area contributed by atoms with Crippen molar-refractivity contribution in [3.63, 3.8) is 0 Å². The van der Waals surface area contributed by atoms with E-state index < -0.39 is 0 Å². The minimum Gasteiger partial charge on any atom is -0.478 e. The molecule has 6 heteroatoms.